The minimum absolute atomic E-state index is 0.165. The highest BCUT2D eigenvalue weighted by Gasteiger charge is 2.39. The van der Waals surface area contributed by atoms with Gasteiger partial charge >= 0.3 is 5.97 Å². The maximum absolute atomic E-state index is 12.2. The Morgan fingerprint density at radius 1 is 1.00 bits per heavy atom. The maximum Gasteiger partial charge on any atom is 0.385 e. The molecule has 2 amide bonds. The fourth-order valence-electron chi connectivity index (χ4n) is 2.48. The average molecular weight is 369 g/mol. The number of aromatic nitrogens is 3. The molecule has 3 aromatic rings. The van der Waals surface area contributed by atoms with E-state index in [4.69, 9.17) is 16.4 Å². The van der Waals surface area contributed by atoms with Gasteiger partial charge in [0.15, 0.2) is 5.69 Å². The van der Waals surface area contributed by atoms with Gasteiger partial charge in [0.2, 0.25) is 0 Å². The molecular formula is C17H9ClN4O4. The zero-order valence-corrected chi connectivity index (χ0v) is 13.8. The maximum atomic E-state index is 12.2. The van der Waals surface area contributed by atoms with Crippen LogP contribution >= 0.6 is 11.6 Å². The average Bonchev–Trinajstić information content (AvgIpc) is 3.22. The molecule has 0 atom stereocenters. The molecule has 0 saturated heterocycles. The second-order valence-corrected chi connectivity index (χ2v) is 5.79. The lowest BCUT2D eigenvalue weighted by Crippen LogP contribution is -2.32. The number of hydroxylamine groups is 2. The molecule has 2 aromatic carbocycles. The van der Waals surface area contributed by atoms with Crippen molar-refractivity contribution in [3.63, 3.8) is 0 Å². The van der Waals surface area contributed by atoms with E-state index in [0.29, 0.717) is 15.8 Å². The van der Waals surface area contributed by atoms with Crippen LogP contribution in [0.5, 0.6) is 0 Å². The Kier molecular flexibility index (Phi) is 3.74. The minimum atomic E-state index is -0.979. The van der Waals surface area contributed by atoms with Crippen molar-refractivity contribution < 1.29 is 19.2 Å². The summed E-state index contributed by atoms with van der Waals surface area (Å²) in [5.74, 6) is -2.39. The van der Waals surface area contributed by atoms with Gasteiger partial charge < -0.3 is 4.84 Å². The number of amides is 2. The Hall–Kier alpha value is -3.52. The molecule has 128 valence electrons. The first-order valence-electron chi connectivity index (χ1n) is 7.43. The Balaban J connectivity index is 1.55. The first-order chi connectivity index (χ1) is 12.5. The number of imide groups is 1. The van der Waals surface area contributed by atoms with Crippen molar-refractivity contribution in [2.75, 3.05) is 0 Å². The SMILES string of the molecule is O=C(ON1C(=O)c2ccccc2C1=O)c1cn(-c2cccc(Cl)c2)nn1. The van der Waals surface area contributed by atoms with Crippen molar-refractivity contribution >= 4 is 29.4 Å². The third kappa shape index (κ3) is 2.62. The van der Waals surface area contributed by atoms with Gasteiger partial charge in [-0.15, -0.1) is 5.10 Å². The zero-order valence-electron chi connectivity index (χ0n) is 13.0. The number of hydrogen-bond acceptors (Lipinski definition) is 6. The molecule has 0 radical (unpaired) electrons. The third-order valence-electron chi connectivity index (χ3n) is 3.71. The van der Waals surface area contributed by atoms with Crippen molar-refractivity contribution in [3.8, 4) is 5.69 Å². The van der Waals surface area contributed by atoms with Crippen LogP contribution in [0.15, 0.2) is 54.7 Å². The largest absolute Gasteiger partial charge is 0.385 e. The number of hydrogen-bond donors (Lipinski definition) is 0. The summed E-state index contributed by atoms with van der Waals surface area (Å²) in [6.45, 7) is 0. The summed E-state index contributed by atoms with van der Waals surface area (Å²) in [6, 6.07) is 13.0. The lowest BCUT2D eigenvalue weighted by atomic mass is 10.1. The van der Waals surface area contributed by atoms with Crippen LogP contribution in [-0.2, 0) is 4.84 Å². The van der Waals surface area contributed by atoms with Crippen LogP contribution in [0, 0.1) is 0 Å². The van der Waals surface area contributed by atoms with Crippen LogP contribution in [0.25, 0.3) is 5.69 Å². The van der Waals surface area contributed by atoms with E-state index in [9.17, 15) is 14.4 Å². The summed E-state index contributed by atoms with van der Waals surface area (Å²) in [5, 5.41) is 8.44. The topological polar surface area (TPSA) is 94.4 Å². The van der Waals surface area contributed by atoms with Crippen LogP contribution in [0.2, 0.25) is 5.02 Å². The van der Waals surface area contributed by atoms with E-state index in [1.807, 2.05) is 0 Å². The van der Waals surface area contributed by atoms with Gasteiger partial charge in [-0.25, -0.2) is 9.48 Å². The first-order valence-corrected chi connectivity index (χ1v) is 7.81. The second-order valence-electron chi connectivity index (χ2n) is 5.36. The highest BCUT2D eigenvalue weighted by Crippen LogP contribution is 2.23. The Morgan fingerprint density at radius 2 is 1.69 bits per heavy atom. The number of rotatable bonds is 3. The predicted octanol–water partition coefficient (Wildman–Crippen LogP) is 2.29. The van der Waals surface area contributed by atoms with Gasteiger partial charge in [-0.1, -0.05) is 40.1 Å². The van der Waals surface area contributed by atoms with E-state index in [0.717, 1.165) is 0 Å². The Labute approximate surface area is 151 Å². The summed E-state index contributed by atoms with van der Waals surface area (Å²) >= 11 is 5.92. The fraction of sp³-hybridized carbons (Fsp3) is 0. The summed E-state index contributed by atoms with van der Waals surface area (Å²) in [5.41, 5.74) is 0.770. The molecule has 0 saturated carbocycles. The van der Waals surface area contributed by atoms with Crippen molar-refractivity contribution in [3.05, 3.63) is 76.6 Å². The summed E-state index contributed by atoms with van der Waals surface area (Å²) < 4.78 is 1.32. The van der Waals surface area contributed by atoms with Crippen LogP contribution in [0.3, 0.4) is 0 Å². The van der Waals surface area contributed by atoms with E-state index in [2.05, 4.69) is 10.3 Å². The lowest BCUT2D eigenvalue weighted by molar-refractivity contribution is -0.0588. The Morgan fingerprint density at radius 3 is 2.35 bits per heavy atom. The first kappa shape index (κ1) is 16.0. The minimum Gasteiger partial charge on any atom is -0.322 e. The second kappa shape index (κ2) is 6.08. The molecule has 1 aromatic heterocycles. The quantitative estimate of drug-likeness (QED) is 0.658. The van der Waals surface area contributed by atoms with Gasteiger partial charge in [0.05, 0.1) is 23.0 Å². The van der Waals surface area contributed by atoms with Gasteiger partial charge in [-0.05, 0) is 30.3 Å². The van der Waals surface area contributed by atoms with E-state index in [1.54, 1.807) is 36.4 Å². The number of carbonyl (C=O) groups excluding carboxylic acids is 3. The number of nitrogens with zero attached hydrogens (tertiary/aromatic N) is 4. The molecule has 2 heterocycles. The molecule has 0 aliphatic carbocycles. The zero-order chi connectivity index (χ0) is 18.3. The highest BCUT2D eigenvalue weighted by atomic mass is 35.5. The summed E-state index contributed by atoms with van der Waals surface area (Å²) in [4.78, 5) is 41.6. The van der Waals surface area contributed by atoms with Crippen molar-refractivity contribution in [2.24, 2.45) is 0 Å². The monoisotopic (exact) mass is 368 g/mol. The molecule has 1 aliphatic rings. The molecule has 1 aliphatic heterocycles. The number of benzene rings is 2. The lowest BCUT2D eigenvalue weighted by Gasteiger charge is -2.11. The Bertz CT molecular complexity index is 1030. The van der Waals surface area contributed by atoms with Crippen molar-refractivity contribution in [1.29, 1.82) is 0 Å². The molecule has 0 spiro atoms. The van der Waals surface area contributed by atoms with Crippen LogP contribution in [0.4, 0.5) is 0 Å². The molecule has 0 unspecified atom stereocenters. The van der Waals surface area contributed by atoms with Gasteiger partial charge in [0, 0.05) is 5.02 Å². The summed E-state index contributed by atoms with van der Waals surface area (Å²) in [7, 11) is 0. The normalized spacial score (nSPS) is 13.0. The number of halogens is 1. The fourth-order valence-corrected chi connectivity index (χ4v) is 2.67. The molecule has 26 heavy (non-hydrogen) atoms. The number of fused-ring (bicyclic) bond motifs is 1. The van der Waals surface area contributed by atoms with Crippen molar-refractivity contribution in [1.82, 2.24) is 20.1 Å². The smallest absolute Gasteiger partial charge is 0.322 e. The van der Waals surface area contributed by atoms with E-state index in [1.165, 1.54) is 23.0 Å². The van der Waals surface area contributed by atoms with Gasteiger partial charge in [0.25, 0.3) is 11.8 Å². The van der Waals surface area contributed by atoms with E-state index < -0.39 is 17.8 Å². The van der Waals surface area contributed by atoms with Gasteiger partial charge in [0.1, 0.15) is 0 Å². The molecule has 8 nitrogen and oxygen atoms in total. The van der Waals surface area contributed by atoms with E-state index >= 15 is 0 Å². The van der Waals surface area contributed by atoms with Crippen LogP contribution in [0.1, 0.15) is 31.2 Å². The predicted molar refractivity (Wildman–Crippen MR) is 88.7 cm³/mol. The molecule has 0 fully saturated rings. The third-order valence-corrected chi connectivity index (χ3v) is 3.94. The molecule has 9 heteroatoms. The van der Waals surface area contributed by atoms with E-state index in [-0.39, 0.29) is 16.8 Å². The molecule has 4 rings (SSSR count). The summed E-state index contributed by atoms with van der Waals surface area (Å²) in [6.07, 6.45) is 1.31. The molecule has 0 bridgehead atoms. The van der Waals surface area contributed by atoms with Crippen LogP contribution < -0.4 is 0 Å². The van der Waals surface area contributed by atoms with Crippen LogP contribution in [-0.4, -0.2) is 37.8 Å². The molecular weight excluding hydrogens is 360 g/mol. The van der Waals surface area contributed by atoms with Crippen molar-refractivity contribution in [2.45, 2.75) is 0 Å². The number of carbonyl (C=O) groups is 3. The van der Waals surface area contributed by atoms with Gasteiger partial charge in [-0.2, -0.15) is 0 Å². The van der Waals surface area contributed by atoms with Gasteiger partial charge in [-0.3, -0.25) is 9.59 Å². The molecule has 0 N–H and O–H groups in total. The standard InChI is InChI=1S/C17H9ClN4O4/c18-10-4-3-5-11(8-10)21-9-14(19-20-21)17(25)26-22-15(23)12-6-1-2-7-13(12)16(22)24/h1-9H. The highest BCUT2D eigenvalue weighted by molar-refractivity contribution is 6.30.